The first-order chi connectivity index (χ1) is 12.2. The second-order valence-electron chi connectivity index (χ2n) is 5.88. The smallest absolute Gasteiger partial charge is 0.263 e. The summed E-state index contributed by atoms with van der Waals surface area (Å²) < 4.78 is 27.7. The van der Waals surface area contributed by atoms with Gasteiger partial charge in [0.05, 0.1) is 0 Å². The Morgan fingerprint density at radius 1 is 1.12 bits per heavy atom. The molecule has 7 nitrogen and oxygen atoms in total. The summed E-state index contributed by atoms with van der Waals surface area (Å²) in [5.41, 5.74) is 1.43. The second kappa shape index (κ2) is 8.33. The minimum absolute atomic E-state index is 0.0838. The highest BCUT2D eigenvalue weighted by Crippen LogP contribution is 2.24. The number of amides is 2. The molecule has 2 N–H and O–H groups in total. The number of nitrogens with one attached hydrogen (secondary N) is 2. The largest absolute Gasteiger partial charge is 0.351 e. The van der Waals surface area contributed by atoms with Gasteiger partial charge in [0.1, 0.15) is 9.77 Å². The number of benzene rings is 1. The third-order valence-corrected chi connectivity index (χ3v) is 6.02. The van der Waals surface area contributed by atoms with E-state index in [1.807, 2.05) is 6.92 Å². The first kappa shape index (κ1) is 19.9. The Balaban J connectivity index is 2.09. The Hall–Kier alpha value is -2.39. The third-order valence-electron chi connectivity index (χ3n) is 3.55. The van der Waals surface area contributed by atoms with E-state index in [0.29, 0.717) is 5.69 Å². The van der Waals surface area contributed by atoms with Crippen LogP contribution in [0.5, 0.6) is 0 Å². The van der Waals surface area contributed by atoms with Crippen molar-refractivity contribution in [2.24, 2.45) is 0 Å². The normalized spacial score (nSPS) is 11.0. The molecule has 0 atom stereocenters. The highest BCUT2D eigenvalue weighted by molar-refractivity contribution is 7.93. The van der Waals surface area contributed by atoms with Gasteiger partial charge in [-0.3, -0.25) is 14.3 Å². The van der Waals surface area contributed by atoms with Crippen LogP contribution >= 0.6 is 11.3 Å². The number of nitrogens with zero attached hydrogens (tertiary/aromatic N) is 1. The van der Waals surface area contributed by atoms with E-state index >= 15 is 0 Å². The molecule has 0 unspecified atom stereocenters. The van der Waals surface area contributed by atoms with E-state index < -0.39 is 15.9 Å². The summed E-state index contributed by atoms with van der Waals surface area (Å²) in [4.78, 5) is 25.3. The molecule has 0 fully saturated rings. The molecule has 0 saturated heterocycles. The first-order valence-electron chi connectivity index (χ1n) is 7.86. The number of thiophene rings is 1. The van der Waals surface area contributed by atoms with Gasteiger partial charge in [-0.2, -0.15) is 0 Å². The summed E-state index contributed by atoms with van der Waals surface area (Å²) in [5.74, 6) is -0.638. The standard InChI is InChI=1S/C17H21N3O4S2/c1-12-4-6-13(7-5-12)19-26(23,24)14-9-11-25-16(14)17(22)18-10-8-15(21)20(2)3/h4-7,9,11,19H,8,10H2,1-3H3,(H,18,22). The van der Waals surface area contributed by atoms with Crippen LogP contribution in [-0.4, -0.2) is 45.8 Å². The van der Waals surface area contributed by atoms with Crippen molar-refractivity contribution in [1.29, 1.82) is 0 Å². The molecule has 2 aromatic rings. The number of sulfonamides is 1. The van der Waals surface area contributed by atoms with E-state index in [9.17, 15) is 18.0 Å². The van der Waals surface area contributed by atoms with Crippen LogP contribution in [0.15, 0.2) is 40.6 Å². The topological polar surface area (TPSA) is 95.6 Å². The van der Waals surface area contributed by atoms with Crippen molar-refractivity contribution in [1.82, 2.24) is 10.2 Å². The van der Waals surface area contributed by atoms with Gasteiger partial charge >= 0.3 is 0 Å². The van der Waals surface area contributed by atoms with Crippen LogP contribution in [0, 0.1) is 6.92 Å². The van der Waals surface area contributed by atoms with Crippen LogP contribution in [0.25, 0.3) is 0 Å². The quantitative estimate of drug-likeness (QED) is 0.750. The lowest BCUT2D eigenvalue weighted by molar-refractivity contribution is -0.128. The SMILES string of the molecule is Cc1ccc(NS(=O)(=O)c2ccsc2C(=O)NCCC(=O)N(C)C)cc1. The molecule has 0 bridgehead atoms. The predicted octanol–water partition coefficient (Wildman–Crippen LogP) is 2.07. The van der Waals surface area contributed by atoms with Gasteiger partial charge in [-0.25, -0.2) is 8.42 Å². The van der Waals surface area contributed by atoms with Crippen molar-refractivity contribution in [3.8, 4) is 0 Å². The number of carbonyl (C=O) groups excluding carboxylic acids is 2. The Labute approximate surface area is 157 Å². The Morgan fingerprint density at radius 2 is 1.77 bits per heavy atom. The van der Waals surface area contributed by atoms with Crippen LogP contribution in [-0.2, 0) is 14.8 Å². The fraction of sp³-hybridized carbons (Fsp3) is 0.294. The van der Waals surface area contributed by atoms with Crippen molar-refractivity contribution < 1.29 is 18.0 Å². The van der Waals surface area contributed by atoms with Crippen molar-refractivity contribution >= 4 is 38.9 Å². The van der Waals surface area contributed by atoms with Gasteiger partial charge in [0.2, 0.25) is 5.91 Å². The van der Waals surface area contributed by atoms with E-state index in [0.717, 1.165) is 16.9 Å². The van der Waals surface area contributed by atoms with Crippen molar-refractivity contribution in [2.45, 2.75) is 18.2 Å². The molecule has 2 rings (SSSR count). The summed E-state index contributed by atoms with van der Waals surface area (Å²) in [7, 11) is -0.629. The molecule has 26 heavy (non-hydrogen) atoms. The number of anilines is 1. The molecule has 0 saturated carbocycles. The predicted molar refractivity (Wildman–Crippen MR) is 102 cm³/mol. The van der Waals surface area contributed by atoms with Gasteiger partial charge in [-0.15, -0.1) is 11.3 Å². The molecule has 0 aliphatic rings. The molecule has 0 radical (unpaired) electrons. The number of hydrogen-bond acceptors (Lipinski definition) is 5. The zero-order valence-electron chi connectivity index (χ0n) is 14.8. The number of rotatable bonds is 7. The summed E-state index contributed by atoms with van der Waals surface area (Å²) >= 11 is 1.04. The minimum Gasteiger partial charge on any atom is -0.351 e. The average Bonchev–Trinajstić information content (AvgIpc) is 3.07. The van der Waals surface area contributed by atoms with Crippen LogP contribution in [0.2, 0.25) is 0 Å². The maximum atomic E-state index is 12.6. The van der Waals surface area contributed by atoms with E-state index in [2.05, 4.69) is 10.0 Å². The maximum Gasteiger partial charge on any atom is 0.263 e. The molecule has 9 heteroatoms. The maximum absolute atomic E-state index is 12.6. The van der Waals surface area contributed by atoms with Gasteiger partial charge in [0.25, 0.3) is 15.9 Å². The molecule has 0 aliphatic carbocycles. The highest BCUT2D eigenvalue weighted by Gasteiger charge is 2.24. The molecule has 140 valence electrons. The molecule has 0 spiro atoms. The Bertz CT molecular complexity index is 887. The molecule has 1 aromatic carbocycles. The van der Waals surface area contributed by atoms with Gasteiger partial charge < -0.3 is 10.2 Å². The van der Waals surface area contributed by atoms with Crippen LogP contribution in [0.3, 0.4) is 0 Å². The molecule has 2 amide bonds. The number of carbonyl (C=O) groups is 2. The first-order valence-corrected chi connectivity index (χ1v) is 10.2. The fourth-order valence-corrected chi connectivity index (χ4v) is 4.50. The molecule has 1 aromatic heterocycles. The summed E-state index contributed by atoms with van der Waals surface area (Å²) in [5, 5.41) is 4.13. The van der Waals surface area contributed by atoms with Crippen LogP contribution in [0.1, 0.15) is 21.7 Å². The zero-order chi connectivity index (χ0) is 19.3. The fourth-order valence-electron chi connectivity index (χ4n) is 2.09. The molecule has 1 heterocycles. The van der Waals surface area contributed by atoms with E-state index in [4.69, 9.17) is 0 Å². The zero-order valence-corrected chi connectivity index (χ0v) is 16.4. The van der Waals surface area contributed by atoms with Gasteiger partial charge in [-0.1, -0.05) is 17.7 Å². The van der Waals surface area contributed by atoms with E-state index in [1.54, 1.807) is 43.7 Å². The van der Waals surface area contributed by atoms with Crippen molar-refractivity contribution in [3.63, 3.8) is 0 Å². The molecule has 0 aliphatic heterocycles. The summed E-state index contributed by atoms with van der Waals surface area (Å²) in [6, 6.07) is 8.29. The third kappa shape index (κ3) is 5.06. The van der Waals surface area contributed by atoms with E-state index in [1.165, 1.54) is 11.0 Å². The Morgan fingerprint density at radius 3 is 2.38 bits per heavy atom. The van der Waals surface area contributed by atoms with Crippen molar-refractivity contribution in [2.75, 3.05) is 25.4 Å². The lowest BCUT2D eigenvalue weighted by atomic mass is 10.2. The summed E-state index contributed by atoms with van der Waals surface area (Å²) in [6.45, 7) is 2.04. The second-order valence-corrected chi connectivity index (χ2v) is 8.45. The lowest BCUT2D eigenvalue weighted by Crippen LogP contribution is -2.30. The summed E-state index contributed by atoms with van der Waals surface area (Å²) in [6.07, 6.45) is 0.147. The van der Waals surface area contributed by atoms with Gasteiger partial charge in [0, 0.05) is 32.7 Å². The minimum atomic E-state index is -3.89. The van der Waals surface area contributed by atoms with Crippen LogP contribution < -0.4 is 10.0 Å². The van der Waals surface area contributed by atoms with Gasteiger partial charge in [0.15, 0.2) is 0 Å². The number of hydrogen-bond donors (Lipinski definition) is 2. The van der Waals surface area contributed by atoms with Gasteiger partial charge in [-0.05, 0) is 30.5 Å². The monoisotopic (exact) mass is 395 g/mol. The molecular weight excluding hydrogens is 374 g/mol. The number of aryl methyl sites for hydroxylation is 1. The lowest BCUT2D eigenvalue weighted by Gasteiger charge is -2.11. The highest BCUT2D eigenvalue weighted by atomic mass is 32.2. The van der Waals surface area contributed by atoms with Crippen molar-refractivity contribution in [3.05, 3.63) is 46.2 Å². The van der Waals surface area contributed by atoms with E-state index in [-0.39, 0.29) is 28.6 Å². The van der Waals surface area contributed by atoms with Crippen LogP contribution in [0.4, 0.5) is 5.69 Å². The average molecular weight is 396 g/mol. The Kier molecular flexibility index (Phi) is 6.38. The molecular formula is C17H21N3O4S2.